The summed E-state index contributed by atoms with van der Waals surface area (Å²) in [5, 5.41) is 20.5. The van der Waals surface area contributed by atoms with Crippen LogP contribution in [-0.2, 0) is 16.0 Å². The van der Waals surface area contributed by atoms with E-state index in [4.69, 9.17) is 14.1 Å². The lowest BCUT2D eigenvalue weighted by atomic mass is 9.79. The van der Waals surface area contributed by atoms with E-state index in [0.717, 1.165) is 5.56 Å². The molecule has 3 rings (SSSR count). The van der Waals surface area contributed by atoms with Crippen molar-refractivity contribution in [1.82, 2.24) is 0 Å². The van der Waals surface area contributed by atoms with Crippen molar-refractivity contribution in [1.29, 1.82) is 0 Å². The Morgan fingerprint density at radius 2 is 2.04 bits per heavy atom. The van der Waals surface area contributed by atoms with Crippen LogP contribution in [0.3, 0.4) is 0 Å². The van der Waals surface area contributed by atoms with Crippen LogP contribution < -0.4 is 10.2 Å². The first-order chi connectivity index (χ1) is 11.6. The van der Waals surface area contributed by atoms with Crippen LogP contribution in [0.25, 0.3) is 0 Å². The molecule has 0 aliphatic carbocycles. The van der Waals surface area contributed by atoms with Crippen molar-refractivity contribution in [3.05, 3.63) is 69.8 Å². The number of nitrogens with zero attached hydrogens (tertiary/aromatic N) is 1. The van der Waals surface area contributed by atoms with Gasteiger partial charge in [-0.1, -0.05) is 36.4 Å². The molecule has 0 spiro atoms. The van der Waals surface area contributed by atoms with E-state index < -0.39 is 18.1 Å². The summed E-state index contributed by atoms with van der Waals surface area (Å²) in [5.74, 6) is 0.506. The third-order valence-corrected chi connectivity index (χ3v) is 3.70. The number of ether oxygens (including phenoxy) is 2. The monoisotopic (exact) mass is 329 g/mol. The van der Waals surface area contributed by atoms with Gasteiger partial charge in [0.15, 0.2) is 6.79 Å². The van der Waals surface area contributed by atoms with Crippen LogP contribution in [0.15, 0.2) is 48.5 Å². The van der Waals surface area contributed by atoms with Crippen LogP contribution in [0, 0.1) is 10.1 Å². The molecule has 1 aliphatic heterocycles. The van der Waals surface area contributed by atoms with Gasteiger partial charge in [-0.25, -0.2) is 0 Å². The van der Waals surface area contributed by atoms with Crippen molar-refractivity contribution in [3.63, 3.8) is 0 Å². The van der Waals surface area contributed by atoms with Crippen molar-refractivity contribution in [3.8, 4) is 5.75 Å². The maximum atomic E-state index is 10.6. The molecule has 2 aromatic rings. The highest BCUT2D eigenvalue weighted by Gasteiger charge is 2.37. The average Bonchev–Trinajstić information content (AvgIpc) is 2.87. The van der Waals surface area contributed by atoms with Gasteiger partial charge in [-0.15, -0.1) is 0 Å². The van der Waals surface area contributed by atoms with E-state index in [9.17, 15) is 15.1 Å². The lowest BCUT2D eigenvalue weighted by molar-refractivity contribution is -0.490. The van der Waals surface area contributed by atoms with Gasteiger partial charge in [0, 0.05) is 4.92 Å². The fourth-order valence-corrected chi connectivity index (χ4v) is 2.57. The van der Waals surface area contributed by atoms with Gasteiger partial charge in [-0.05, 0) is 28.7 Å². The molecule has 124 valence electrons. The minimum Gasteiger partial charge on any atom is -0.468 e. The molecule has 8 heteroatoms. The maximum Gasteiger partial charge on any atom is 0.492 e. The van der Waals surface area contributed by atoms with Crippen LogP contribution in [0.1, 0.15) is 17.2 Å². The Morgan fingerprint density at radius 3 is 2.79 bits per heavy atom. The van der Waals surface area contributed by atoms with Gasteiger partial charge < -0.3 is 19.2 Å². The second-order valence-electron chi connectivity index (χ2n) is 5.38. The van der Waals surface area contributed by atoms with E-state index in [0.29, 0.717) is 23.4 Å². The summed E-state index contributed by atoms with van der Waals surface area (Å²) in [7, 11) is -1.18. The van der Waals surface area contributed by atoms with Crippen molar-refractivity contribution in [2.75, 3.05) is 13.3 Å². The minimum atomic E-state index is -1.18. The Morgan fingerprint density at radius 1 is 1.25 bits per heavy atom. The highest BCUT2D eigenvalue weighted by Crippen LogP contribution is 2.26. The first-order valence-corrected chi connectivity index (χ1v) is 7.47. The molecule has 1 aliphatic rings. The lowest BCUT2D eigenvalue weighted by Crippen LogP contribution is -2.28. The first kappa shape index (κ1) is 16.4. The summed E-state index contributed by atoms with van der Waals surface area (Å²) < 4.78 is 16.1. The minimum absolute atomic E-state index is 0.0585. The Labute approximate surface area is 139 Å². The summed E-state index contributed by atoms with van der Waals surface area (Å²) in [6, 6.07) is 14.7. The molecule has 2 aromatic carbocycles. The number of rotatable bonds is 7. The Hall–Kier alpha value is -2.42. The fraction of sp³-hybridized carbons (Fsp3) is 0.250. The second-order valence-corrected chi connectivity index (χ2v) is 5.38. The molecular weight excluding hydrogens is 313 g/mol. The molecule has 7 nitrogen and oxygen atoms in total. The van der Waals surface area contributed by atoms with Gasteiger partial charge >= 0.3 is 7.12 Å². The van der Waals surface area contributed by atoms with E-state index in [1.165, 1.54) is 0 Å². The number of hydrogen-bond donors (Lipinski definition) is 1. The van der Waals surface area contributed by atoms with Crippen molar-refractivity contribution >= 4 is 12.6 Å². The summed E-state index contributed by atoms with van der Waals surface area (Å²) in [6.45, 7) is 0.107. The quantitative estimate of drug-likeness (QED) is 0.270. The van der Waals surface area contributed by atoms with E-state index in [2.05, 4.69) is 0 Å². The zero-order valence-corrected chi connectivity index (χ0v) is 12.8. The van der Waals surface area contributed by atoms with Crippen LogP contribution in [0.2, 0.25) is 0 Å². The average molecular weight is 329 g/mol. The number of fused-ring (bicyclic) bond motifs is 1. The molecule has 0 fully saturated rings. The summed E-state index contributed by atoms with van der Waals surface area (Å²) in [4.78, 5) is 10.2. The van der Waals surface area contributed by atoms with Gasteiger partial charge in [0.05, 0.1) is 6.61 Å². The zero-order chi connectivity index (χ0) is 16.9. The van der Waals surface area contributed by atoms with Crippen molar-refractivity contribution < 1.29 is 24.1 Å². The van der Waals surface area contributed by atoms with E-state index in [1.807, 2.05) is 30.3 Å². The van der Waals surface area contributed by atoms with E-state index >= 15 is 0 Å². The maximum absolute atomic E-state index is 10.6. The highest BCUT2D eigenvalue weighted by molar-refractivity contribution is 6.61. The van der Waals surface area contributed by atoms with Gasteiger partial charge in [-0.3, -0.25) is 10.1 Å². The van der Waals surface area contributed by atoms with E-state index in [1.54, 1.807) is 18.2 Å². The molecule has 1 atom stereocenters. The largest absolute Gasteiger partial charge is 0.492 e. The zero-order valence-electron chi connectivity index (χ0n) is 12.8. The van der Waals surface area contributed by atoms with Gasteiger partial charge in [0.1, 0.15) is 11.9 Å². The molecule has 0 radical (unpaired) electrons. The topological polar surface area (TPSA) is 91.1 Å². The van der Waals surface area contributed by atoms with Crippen molar-refractivity contribution in [2.24, 2.45) is 0 Å². The third-order valence-electron chi connectivity index (χ3n) is 3.70. The fourth-order valence-electron chi connectivity index (χ4n) is 2.57. The van der Waals surface area contributed by atoms with Gasteiger partial charge in [-0.2, -0.15) is 0 Å². The van der Waals surface area contributed by atoms with Crippen LogP contribution in [0.4, 0.5) is 0 Å². The number of hydrogen-bond acceptors (Lipinski definition) is 6. The number of nitro groups is 1. The smallest absolute Gasteiger partial charge is 0.468 e. The Kier molecular flexibility index (Phi) is 5.09. The number of benzene rings is 2. The first-order valence-electron chi connectivity index (χ1n) is 7.47. The second kappa shape index (κ2) is 7.44. The molecule has 0 saturated heterocycles. The normalized spacial score (nSPS) is 16.0. The standard InChI is InChI=1S/C16H16BNO6/c19-17-15-8-13(6-7-14(15)16(24-17)9-18(20)21)23-11-22-10-12-4-2-1-3-5-12/h1-8,16,19H,9-11H2. The molecule has 1 unspecified atom stereocenters. The molecule has 0 bridgehead atoms. The van der Waals surface area contributed by atoms with Crippen LogP contribution in [0.5, 0.6) is 5.75 Å². The lowest BCUT2D eigenvalue weighted by Gasteiger charge is -2.09. The predicted octanol–water partition coefficient (Wildman–Crippen LogP) is 1.28. The van der Waals surface area contributed by atoms with Gasteiger partial charge in [0.25, 0.3) is 0 Å². The van der Waals surface area contributed by atoms with E-state index in [-0.39, 0.29) is 13.3 Å². The molecule has 0 aromatic heterocycles. The molecule has 1 heterocycles. The molecule has 0 amide bonds. The molecule has 0 saturated carbocycles. The predicted molar refractivity (Wildman–Crippen MR) is 86.5 cm³/mol. The van der Waals surface area contributed by atoms with Crippen LogP contribution >= 0.6 is 0 Å². The highest BCUT2D eigenvalue weighted by atomic mass is 16.7. The third kappa shape index (κ3) is 3.91. The Bertz CT molecular complexity index is 711. The molecule has 24 heavy (non-hydrogen) atoms. The van der Waals surface area contributed by atoms with Gasteiger partial charge in [0.2, 0.25) is 6.54 Å². The SMILES string of the molecule is O=[N+]([O-])CC1OB(O)c2cc(OCOCc3ccccc3)ccc21. The summed E-state index contributed by atoms with van der Waals surface area (Å²) in [5.41, 5.74) is 2.14. The summed E-state index contributed by atoms with van der Waals surface area (Å²) >= 11 is 0. The Balaban J connectivity index is 1.56. The van der Waals surface area contributed by atoms with Crippen LogP contribution in [-0.4, -0.2) is 30.4 Å². The molecular formula is C16H16BNO6. The molecule has 1 N–H and O–H groups in total. The summed E-state index contributed by atoms with van der Waals surface area (Å²) in [6.07, 6.45) is -0.742. The van der Waals surface area contributed by atoms with Crippen molar-refractivity contribution in [2.45, 2.75) is 12.7 Å².